The second-order valence-electron chi connectivity index (χ2n) is 6.25. The number of aromatic hydroxyl groups is 1. The second-order valence-corrected chi connectivity index (χ2v) is 6.25. The van der Waals surface area contributed by atoms with Crippen molar-refractivity contribution in [1.29, 1.82) is 5.26 Å². The van der Waals surface area contributed by atoms with Crippen molar-refractivity contribution in [2.45, 2.75) is 40.0 Å². The minimum absolute atomic E-state index is 0.00656. The van der Waals surface area contributed by atoms with Crippen LogP contribution in [0.3, 0.4) is 0 Å². The van der Waals surface area contributed by atoms with E-state index in [1.54, 1.807) is 6.92 Å². The van der Waals surface area contributed by atoms with E-state index in [2.05, 4.69) is 4.98 Å². The molecule has 1 heterocycles. The molecule has 0 fully saturated rings. The molecule has 0 aliphatic heterocycles. The number of pyridine rings is 1. The van der Waals surface area contributed by atoms with Crippen molar-refractivity contribution in [3.8, 4) is 11.8 Å². The Hall–Kier alpha value is -3.20. The first kappa shape index (κ1) is 20.1. The fraction of sp³-hybridized carbons (Fsp3) is 0.333. The third kappa shape index (κ3) is 4.91. The molecule has 0 saturated carbocycles. The van der Waals surface area contributed by atoms with Gasteiger partial charge >= 0.3 is 5.97 Å². The normalized spacial score (nSPS) is 10.3. The van der Waals surface area contributed by atoms with E-state index in [4.69, 9.17) is 4.74 Å². The van der Waals surface area contributed by atoms with Crippen molar-refractivity contribution in [2.75, 3.05) is 6.61 Å². The van der Waals surface area contributed by atoms with Crippen molar-refractivity contribution >= 4 is 11.8 Å². The molecular weight excluding hydrogens is 344 g/mol. The fourth-order valence-corrected chi connectivity index (χ4v) is 2.86. The van der Waals surface area contributed by atoms with Gasteiger partial charge in [-0.1, -0.05) is 18.2 Å². The van der Waals surface area contributed by atoms with Crippen LogP contribution in [0.25, 0.3) is 0 Å². The second kappa shape index (κ2) is 8.95. The first-order valence-electron chi connectivity index (χ1n) is 8.74. The smallest absolute Gasteiger partial charge is 0.306 e. The summed E-state index contributed by atoms with van der Waals surface area (Å²) in [6.45, 7) is 5.90. The minimum atomic E-state index is -0.476. The standard InChI is InChI=1S/C21H22N2O4/c1-4-27-20(25)9-8-19(24)17-11-15(23-18(12-22)21(17)26)10-16-13(2)6-5-7-14(16)3/h5-7,11,26H,4,8-10H2,1-3H3. The highest BCUT2D eigenvalue weighted by Crippen LogP contribution is 2.26. The Labute approximate surface area is 158 Å². The summed E-state index contributed by atoms with van der Waals surface area (Å²) in [5.74, 6) is -1.35. The largest absolute Gasteiger partial charge is 0.504 e. The van der Waals surface area contributed by atoms with Gasteiger partial charge in [0.05, 0.1) is 18.6 Å². The van der Waals surface area contributed by atoms with Gasteiger partial charge in [-0.15, -0.1) is 0 Å². The molecule has 0 aliphatic carbocycles. The third-order valence-electron chi connectivity index (χ3n) is 4.32. The number of nitrogens with zero attached hydrogens (tertiary/aromatic N) is 2. The minimum Gasteiger partial charge on any atom is -0.504 e. The van der Waals surface area contributed by atoms with Gasteiger partial charge in [0.1, 0.15) is 6.07 Å². The van der Waals surface area contributed by atoms with Gasteiger partial charge in [-0.25, -0.2) is 4.98 Å². The van der Waals surface area contributed by atoms with Gasteiger partial charge in [-0.2, -0.15) is 5.26 Å². The van der Waals surface area contributed by atoms with Crippen LogP contribution in [0.15, 0.2) is 24.3 Å². The van der Waals surface area contributed by atoms with Crippen molar-refractivity contribution in [3.05, 3.63) is 57.9 Å². The van der Waals surface area contributed by atoms with Gasteiger partial charge in [-0.3, -0.25) is 9.59 Å². The van der Waals surface area contributed by atoms with Crippen LogP contribution < -0.4 is 0 Å². The summed E-state index contributed by atoms with van der Waals surface area (Å²) in [7, 11) is 0. The van der Waals surface area contributed by atoms with E-state index in [1.807, 2.05) is 38.1 Å². The topological polar surface area (TPSA) is 100 Å². The van der Waals surface area contributed by atoms with Gasteiger partial charge in [-0.05, 0) is 43.5 Å². The molecule has 0 aliphatic rings. The number of ether oxygens (including phenoxy) is 1. The lowest BCUT2D eigenvalue weighted by Crippen LogP contribution is -2.10. The first-order chi connectivity index (χ1) is 12.9. The summed E-state index contributed by atoms with van der Waals surface area (Å²) < 4.78 is 4.81. The molecule has 0 atom stereocenters. The van der Waals surface area contributed by atoms with Crippen LogP contribution in [-0.2, 0) is 16.0 Å². The molecule has 1 aromatic carbocycles. The van der Waals surface area contributed by atoms with Gasteiger partial charge in [0.15, 0.2) is 17.2 Å². The maximum atomic E-state index is 12.5. The molecule has 2 aromatic rings. The highest BCUT2D eigenvalue weighted by Gasteiger charge is 2.19. The number of hydrogen-bond acceptors (Lipinski definition) is 6. The molecule has 0 spiro atoms. The van der Waals surface area contributed by atoms with Gasteiger partial charge in [0, 0.05) is 18.5 Å². The number of rotatable bonds is 7. The first-order valence-corrected chi connectivity index (χ1v) is 8.74. The summed E-state index contributed by atoms with van der Waals surface area (Å²) >= 11 is 0. The lowest BCUT2D eigenvalue weighted by atomic mass is 9.96. The molecular formula is C21H22N2O4. The Bertz CT molecular complexity index is 893. The molecule has 0 saturated heterocycles. The zero-order chi connectivity index (χ0) is 20.0. The molecule has 0 radical (unpaired) electrons. The van der Waals surface area contributed by atoms with Crippen LogP contribution in [-0.4, -0.2) is 28.4 Å². The molecule has 1 aromatic heterocycles. The molecule has 6 heteroatoms. The fourth-order valence-electron chi connectivity index (χ4n) is 2.86. The summed E-state index contributed by atoms with van der Waals surface area (Å²) in [6.07, 6.45) is 0.248. The summed E-state index contributed by atoms with van der Waals surface area (Å²) in [5.41, 5.74) is 3.55. The predicted octanol–water partition coefficient (Wildman–Crippen LogP) is 3.39. The van der Waals surface area contributed by atoms with Crippen LogP contribution in [0.4, 0.5) is 0 Å². The third-order valence-corrected chi connectivity index (χ3v) is 4.32. The van der Waals surface area contributed by atoms with Crippen molar-refractivity contribution in [2.24, 2.45) is 0 Å². The predicted molar refractivity (Wildman–Crippen MR) is 99.5 cm³/mol. The number of esters is 1. The summed E-state index contributed by atoms with van der Waals surface area (Å²) in [4.78, 5) is 28.1. The van der Waals surface area contributed by atoms with Gasteiger partial charge in [0.2, 0.25) is 0 Å². The number of nitriles is 1. The Morgan fingerprint density at radius 2 is 1.89 bits per heavy atom. The van der Waals surface area contributed by atoms with Crippen LogP contribution in [0, 0.1) is 25.2 Å². The summed E-state index contributed by atoms with van der Waals surface area (Å²) in [6, 6.07) is 9.25. The number of hydrogen-bond donors (Lipinski definition) is 1. The van der Waals surface area contributed by atoms with Crippen molar-refractivity contribution in [3.63, 3.8) is 0 Å². The van der Waals surface area contributed by atoms with E-state index in [0.29, 0.717) is 12.1 Å². The average molecular weight is 366 g/mol. The van der Waals surface area contributed by atoms with Gasteiger partial charge in [0.25, 0.3) is 0 Å². The SMILES string of the molecule is CCOC(=O)CCC(=O)c1cc(Cc2c(C)cccc2C)nc(C#N)c1O. The Morgan fingerprint density at radius 1 is 1.22 bits per heavy atom. The zero-order valence-electron chi connectivity index (χ0n) is 15.7. The monoisotopic (exact) mass is 366 g/mol. The number of aromatic nitrogens is 1. The molecule has 6 nitrogen and oxygen atoms in total. The molecule has 0 unspecified atom stereocenters. The molecule has 1 N–H and O–H groups in total. The zero-order valence-corrected chi connectivity index (χ0v) is 15.7. The van der Waals surface area contributed by atoms with E-state index in [0.717, 1.165) is 16.7 Å². The molecule has 2 rings (SSSR count). The average Bonchev–Trinajstić information content (AvgIpc) is 2.64. The number of aryl methyl sites for hydroxylation is 2. The van der Waals surface area contributed by atoms with E-state index in [1.165, 1.54) is 6.07 Å². The highest BCUT2D eigenvalue weighted by atomic mass is 16.5. The van der Waals surface area contributed by atoms with Crippen LogP contribution in [0.1, 0.15) is 58.2 Å². The molecule has 0 bridgehead atoms. The van der Waals surface area contributed by atoms with Crippen molar-refractivity contribution < 1.29 is 19.4 Å². The van der Waals surface area contributed by atoms with E-state index in [-0.39, 0.29) is 30.7 Å². The number of benzene rings is 1. The Kier molecular flexibility index (Phi) is 6.67. The van der Waals surface area contributed by atoms with E-state index >= 15 is 0 Å². The summed E-state index contributed by atoms with van der Waals surface area (Å²) in [5, 5.41) is 19.5. The maximum Gasteiger partial charge on any atom is 0.306 e. The molecule has 0 amide bonds. The number of carbonyl (C=O) groups excluding carboxylic acids is 2. The number of Topliss-reactive ketones (excluding diaryl/α,β-unsaturated/α-hetero) is 1. The Morgan fingerprint density at radius 3 is 2.48 bits per heavy atom. The van der Waals surface area contributed by atoms with E-state index < -0.39 is 17.5 Å². The van der Waals surface area contributed by atoms with Gasteiger partial charge < -0.3 is 9.84 Å². The lowest BCUT2D eigenvalue weighted by molar-refractivity contribution is -0.143. The number of carbonyl (C=O) groups is 2. The highest BCUT2D eigenvalue weighted by molar-refractivity contribution is 6.00. The van der Waals surface area contributed by atoms with Crippen molar-refractivity contribution in [1.82, 2.24) is 4.98 Å². The van der Waals surface area contributed by atoms with Crippen LogP contribution in [0.5, 0.6) is 5.75 Å². The Balaban J connectivity index is 2.33. The van der Waals surface area contributed by atoms with Crippen LogP contribution >= 0.6 is 0 Å². The number of ketones is 1. The van der Waals surface area contributed by atoms with Crippen LogP contribution in [0.2, 0.25) is 0 Å². The maximum absolute atomic E-state index is 12.5. The molecule has 140 valence electrons. The molecule has 27 heavy (non-hydrogen) atoms. The van der Waals surface area contributed by atoms with E-state index in [9.17, 15) is 20.0 Å². The quantitative estimate of drug-likeness (QED) is 0.595. The lowest BCUT2D eigenvalue weighted by Gasteiger charge is -2.12.